The molecular formula is C16H18N4O. The van der Waals surface area contributed by atoms with Gasteiger partial charge in [0.25, 0.3) is 5.91 Å². The molecule has 0 bridgehead atoms. The van der Waals surface area contributed by atoms with Crippen LogP contribution in [0.5, 0.6) is 0 Å². The number of nitrogens with zero attached hydrogens (tertiary/aromatic N) is 4. The molecule has 1 aromatic carbocycles. The highest BCUT2D eigenvalue weighted by Crippen LogP contribution is 2.39. The van der Waals surface area contributed by atoms with E-state index in [1.165, 1.54) is 12.8 Å². The summed E-state index contributed by atoms with van der Waals surface area (Å²) in [6.45, 7) is 1.51. The lowest BCUT2D eigenvalue weighted by atomic mass is 10.2. The Bertz CT molecular complexity index is 647. The molecule has 1 saturated carbocycles. The van der Waals surface area contributed by atoms with Crippen LogP contribution in [0.25, 0.3) is 0 Å². The maximum absolute atomic E-state index is 12.4. The first-order valence-electron chi connectivity index (χ1n) is 7.57. The fourth-order valence-corrected chi connectivity index (χ4v) is 2.94. The Hall–Kier alpha value is -2.17. The molecule has 1 amide bonds. The molecule has 1 unspecified atom stereocenters. The van der Waals surface area contributed by atoms with Gasteiger partial charge in [-0.1, -0.05) is 23.4 Å². The van der Waals surface area contributed by atoms with Crippen LogP contribution in [0, 0.1) is 0 Å². The topological polar surface area (TPSA) is 51.0 Å². The Labute approximate surface area is 123 Å². The van der Waals surface area contributed by atoms with Crippen LogP contribution in [-0.2, 0) is 0 Å². The molecule has 0 radical (unpaired) electrons. The molecule has 1 atom stereocenters. The fraction of sp³-hybridized carbons (Fsp3) is 0.438. The average molecular weight is 282 g/mol. The van der Waals surface area contributed by atoms with Gasteiger partial charge >= 0.3 is 0 Å². The van der Waals surface area contributed by atoms with Crippen molar-refractivity contribution in [1.29, 1.82) is 0 Å². The molecule has 108 valence electrons. The standard InChI is InChI=1S/C16H18N4O/c21-16(13-4-2-1-3-5-13)19-9-8-14(10-19)20-11-15(17-18-20)12-6-7-12/h1-5,11-12,14H,6-10H2. The van der Waals surface area contributed by atoms with E-state index in [-0.39, 0.29) is 11.9 Å². The van der Waals surface area contributed by atoms with Crippen molar-refractivity contribution in [3.63, 3.8) is 0 Å². The van der Waals surface area contributed by atoms with Gasteiger partial charge in [0, 0.05) is 30.8 Å². The molecule has 0 N–H and O–H groups in total. The number of carbonyl (C=O) groups excluding carboxylic acids is 1. The van der Waals surface area contributed by atoms with Crippen molar-refractivity contribution in [2.45, 2.75) is 31.2 Å². The predicted octanol–water partition coefficient (Wildman–Crippen LogP) is 2.24. The Morgan fingerprint density at radius 2 is 1.95 bits per heavy atom. The van der Waals surface area contributed by atoms with Crippen molar-refractivity contribution in [2.75, 3.05) is 13.1 Å². The summed E-state index contributed by atoms with van der Waals surface area (Å²) in [5.41, 5.74) is 1.87. The van der Waals surface area contributed by atoms with E-state index in [0.717, 1.165) is 30.8 Å². The van der Waals surface area contributed by atoms with Crippen LogP contribution in [0.1, 0.15) is 47.3 Å². The maximum Gasteiger partial charge on any atom is 0.253 e. The second-order valence-electron chi connectivity index (χ2n) is 5.96. The number of benzene rings is 1. The zero-order chi connectivity index (χ0) is 14.2. The number of hydrogen-bond acceptors (Lipinski definition) is 3. The van der Waals surface area contributed by atoms with Gasteiger partial charge in [-0.2, -0.15) is 0 Å². The van der Waals surface area contributed by atoms with Crippen LogP contribution in [0.3, 0.4) is 0 Å². The molecule has 21 heavy (non-hydrogen) atoms. The predicted molar refractivity (Wildman–Crippen MR) is 78.0 cm³/mol. The molecule has 2 heterocycles. The second kappa shape index (κ2) is 4.98. The fourth-order valence-electron chi connectivity index (χ4n) is 2.94. The minimum atomic E-state index is 0.112. The first-order chi connectivity index (χ1) is 10.3. The van der Waals surface area contributed by atoms with E-state index in [2.05, 4.69) is 16.5 Å². The average Bonchev–Trinajstić information content (AvgIpc) is 3.07. The smallest absolute Gasteiger partial charge is 0.253 e. The molecule has 1 aliphatic heterocycles. The van der Waals surface area contributed by atoms with E-state index in [1.807, 2.05) is 39.9 Å². The molecule has 4 rings (SSSR count). The third-order valence-corrected chi connectivity index (χ3v) is 4.37. The summed E-state index contributed by atoms with van der Waals surface area (Å²) in [6, 6.07) is 9.74. The van der Waals surface area contributed by atoms with Crippen LogP contribution < -0.4 is 0 Å². The monoisotopic (exact) mass is 282 g/mol. The molecule has 5 heteroatoms. The van der Waals surface area contributed by atoms with Crippen molar-refractivity contribution in [3.8, 4) is 0 Å². The van der Waals surface area contributed by atoms with Crippen LogP contribution >= 0.6 is 0 Å². The summed E-state index contributed by atoms with van der Waals surface area (Å²) in [4.78, 5) is 14.3. The largest absolute Gasteiger partial charge is 0.336 e. The van der Waals surface area contributed by atoms with Crippen molar-refractivity contribution in [1.82, 2.24) is 19.9 Å². The normalized spacial score (nSPS) is 21.7. The first kappa shape index (κ1) is 12.6. The Morgan fingerprint density at radius 1 is 1.14 bits per heavy atom. The van der Waals surface area contributed by atoms with E-state index in [9.17, 15) is 4.79 Å². The van der Waals surface area contributed by atoms with E-state index in [1.54, 1.807) is 0 Å². The van der Waals surface area contributed by atoms with Crippen LogP contribution in [0.4, 0.5) is 0 Å². The van der Waals surface area contributed by atoms with Crippen LogP contribution in [0.2, 0.25) is 0 Å². The molecule has 2 fully saturated rings. The number of rotatable bonds is 3. The molecule has 1 saturated heterocycles. The summed E-state index contributed by atoms with van der Waals surface area (Å²) in [7, 11) is 0. The van der Waals surface area contributed by atoms with Crippen molar-refractivity contribution in [3.05, 3.63) is 47.8 Å². The van der Waals surface area contributed by atoms with E-state index >= 15 is 0 Å². The number of carbonyl (C=O) groups is 1. The minimum Gasteiger partial charge on any atom is -0.336 e. The van der Waals surface area contributed by atoms with Crippen molar-refractivity contribution in [2.24, 2.45) is 0 Å². The van der Waals surface area contributed by atoms with Gasteiger partial charge in [0.15, 0.2) is 0 Å². The van der Waals surface area contributed by atoms with Gasteiger partial charge in [0.05, 0.1) is 11.7 Å². The molecular weight excluding hydrogens is 264 g/mol. The number of amides is 1. The Morgan fingerprint density at radius 3 is 2.71 bits per heavy atom. The van der Waals surface area contributed by atoms with Gasteiger partial charge in [0.1, 0.15) is 0 Å². The number of aromatic nitrogens is 3. The van der Waals surface area contributed by atoms with Gasteiger partial charge in [-0.3, -0.25) is 4.79 Å². The lowest BCUT2D eigenvalue weighted by Crippen LogP contribution is -2.29. The van der Waals surface area contributed by atoms with E-state index < -0.39 is 0 Å². The minimum absolute atomic E-state index is 0.112. The van der Waals surface area contributed by atoms with Gasteiger partial charge < -0.3 is 4.90 Å². The van der Waals surface area contributed by atoms with Gasteiger partial charge in [-0.25, -0.2) is 4.68 Å². The van der Waals surface area contributed by atoms with Gasteiger partial charge in [0.2, 0.25) is 0 Å². The second-order valence-corrected chi connectivity index (χ2v) is 5.96. The third kappa shape index (κ3) is 2.44. The molecule has 1 aliphatic carbocycles. The SMILES string of the molecule is O=C(c1ccccc1)N1CCC(n2cc(C3CC3)nn2)C1. The highest BCUT2D eigenvalue weighted by molar-refractivity contribution is 5.94. The number of likely N-dealkylation sites (tertiary alicyclic amines) is 1. The third-order valence-electron chi connectivity index (χ3n) is 4.37. The van der Waals surface area contributed by atoms with E-state index in [0.29, 0.717) is 5.92 Å². The maximum atomic E-state index is 12.4. The molecule has 5 nitrogen and oxygen atoms in total. The summed E-state index contributed by atoms with van der Waals surface area (Å²) < 4.78 is 1.95. The molecule has 2 aromatic rings. The molecule has 2 aliphatic rings. The van der Waals surface area contributed by atoms with Gasteiger partial charge in [-0.05, 0) is 31.4 Å². The lowest BCUT2D eigenvalue weighted by Gasteiger charge is -2.16. The highest BCUT2D eigenvalue weighted by Gasteiger charge is 2.31. The van der Waals surface area contributed by atoms with Crippen molar-refractivity contribution >= 4 is 5.91 Å². The zero-order valence-corrected chi connectivity index (χ0v) is 11.9. The quantitative estimate of drug-likeness (QED) is 0.867. The molecule has 0 spiro atoms. The summed E-state index contributed by atoms with van der Waals surface area (Å²) in [5.74, 6) is 0.739. The van der Waals surface area contributed by atoms with Crippen LogP contribution in [-0.4, -0.2) is 38.9 Å². The zero-order valence-electron chi connectivity index (χ0n) is 11.9. The first-order valence-corrected chi connectivity index (χ1v) is 7.57. The summed E-state index contributed by atoms with van der Waals surface area (Å²) >= 11 is 0. The Balaban J connectivity index is 1.45. The molecule has 1 aromatic heterocycles. The lowest BCUT2D eigenvalue weighted by molar-refractivity contribution is 0.0787. The summed E-state index contributed by atoms with van der Waals surface area (Å²) in [5, 5.41) is 8.52. The van der Waals surface area contributed by atoms with Gasteiger partial charge in [-0.15, -0.1) is 5.10 Å². The summed E-state index contributed by atoms with van der Waals surface area (Å²) in [6.07, 6.45) is 5.49. The van der Waals surface area contributed by atoms with E-state index in [4.69, 9.17) is 0 Å². The Kier molecular flexibility index (Phi) is 2.98. The highest BCUT2D eigenvalue weighted by atomic mass is 16.2. The number of hydrogen-bond donors (Lipinski definition) is 0. The van der Waals surface area contributed by atoms with Crippen LogP contribution in [0.15, 0.2) is 36.5 Å². The van der Waals surface area contributed by atoms with Crippen molar-refractivity contribution < 1.29 is 4.79 Å².